The molecule has 2 rings (SSSR count). The number of aromatic nitrogens is 3. The molecule has 62 heavy (non-hydrogen) atoms. The Morgan fingerprint density at radius 3 is 1.03 bits per heavy atom. The smallest absolute Gasteiger partial charge is 0.203 e. The van der Waals surface area contributed by atoms with Crippen LogP contribution in [0.2, 0.25) is 0 Å². The van der Waals surface area contributed by atoms with Crippen molar-refractivity contribution in [1.82, 2.24) is 15.0 Å². The molecular weight excluding hydrogens is 763 g/mol. The van der Waals surface area contributed by atoms with Gasteiger partial charge in [0.25, 0.3) is 0 Å². The van der Waals surface area contributed by atoms with E-state index in [1.807, 2.05) is 4.68 Å². The first kappa shape index (κ1) is 55.9. The zero-order chi connectivity index (χ0) is 44.2. The zero-order valence-corrected chi connectivity index (χ0v) is 41.9. The first-order chi connectivity index (χ1) is 30.7. The van der Waals surface area contributed by atoms with E-state index in [4.69, 9.17) is 14.2 Å². The van der Waals surface area contributed by atoms with Crippen molar-refractivity contribution in [2.45, 2.75) is 291 Å². The number of unbranched alkanes of at least 4 members (excludes halogenated alkanes) is 35. The predicted molar refractivity (Wildman–Crippen MR) is 269 cm³/mol. The second kappa shape index (κ2) is 42.7. The lowest BCUT2D eigenvalue weighted by Gasteiger charge is -2.19. The van der Waals surface area contributed by atoms with Crippen LogP contribution in [0.4, 0.5) is 0 Å². The van der Waals surface area contributed by atoms with Crippen molar-refractivity contribution in [2.24, 2.45) is 0 Å². The molecule has 6 heteroatoms. The van der Waals surface area contributed by atoms with Gasteiger partial charge in [-0.3, -0.25) is 0 Å². The molecule has 6 nitrogen and oxygen atoms in total. The number of benzene rings is 1. The first-order valence-corrected chi connectivity index (χ1v) is 27.7. The lowest BCUT2D eigenvalue weighted by Crippen LogP contribution is -2.08. The van der Waals surface area contributed by atoms with E-state index in [2.05, 4.69) is 56.3 Å². The van der Waals surface area contributed by atoms with Crippen LogP contribution in [0, 0.1) is 0 Å². The zero-order valence-electron chi connectivity index (χ0n) is 41.9. The quantitative estimate of drug-likeness (QED) is 0.0620. The number of hydrogen-bond acceptors (Lipinski definition) is 5. The SMILES string of the molecule is CCCCCCCCCCCCOc1cc(Cn2cc(CCCCCCCCCCC)nn2)cc(OCCCCCCCCCCCC)c1OCCCCCCCCCCCC. The van der Waals surface area contributed by atoms with Gasteiger partial charge in [0.15, 0.2) is 11.5 Å². The number of hydrogen-bond donors (Lipinski definition) is 0. The molecule has 0 saturated carbocycles. The molecule has 0 spiro atoms. The molecule has 0 atom stereocenters. The third kappa shape index (κ3) is 31.6. The number of aryl methyl sites for hydroxylation is 1. The van der Waals surface area contributed by atoms with Gasteiger partial charge in [0, 0.05) is 6.20 Å². The van der Waals surface area contributed by atoms with Crippen LogP contribution in [0.5, 0.6) is 17.2 Å². The number of ether oxygens (including phenoxy) is 3. The van der Waals surface area contributed by atoms with Crippen molar-refractivity contribution in [3.05, 3.63) is 29.6 Å². The molecule has 0 saturated heterocycles. The van der Waals surface area contributed by atoms with Crippen molar-refractivity contribution >= 4 is 0 Å². The molecule has 1 aromatic carbocycles. The molecule has 0 aliphatic rings. The summed E-state index contributed by atoms with van der Waals surface area (Å²) in [4.78, 5) is 0. The monoisotopic (exact) mass is 866 g/mol. The highest BCUT2D eigenvalue weighted by molar-refractivity contribution is 5.54. The van der Waals surface area contributed by atoms with E-state index in [0.29, 0.717) is 26.4 Å². The Balaban J connectivity index is 2.05. The van der Waals surface area contributed by atoms with Gasteiger partial charge in [0.05, 0.1) is 32.1 Å². The molecule has 0 fully saturated rings. The topological polar surface area (TPSA) is 58.4 Å². The minimum Gasteiger partial charge on any atom is -0.490 e. The Labute approximate surface area is 385 Å². The maximum Gasteiger partial charge on any atom is 0.203 e. The van der Waals surface area contributed by atoms with Gasteiger partial charge in [-0.2, -0.15) is 0 Å². The molecule has 0 radical (unpaired) electrons. The normalized spacial score (nSPS) is 11.5. The molecular formula is C56H103N3O3. The van der Waals surface area contributed by atoms with E-state index in [9.17, 15) is 0 Å². The van der Waals surface area contributed by atoms with Gasteiger partial charge in [-0.15, -0.1) is 5.10 Å². The lowest BCUT2D eigenvalue weighted by molar-refractivity contribution is 0.233. The summed E-state index contributed by atoms with van der Waals surface area (Å²) in [6, 6.07) is 4.39. The van der Waals surface area contributed by atoms with Crippen LogP contribution in [-0.4, -0.2) is 34.8 Å². The fourth-order valence-electron chi connectivity index (χ4n) is 8.72. The molecule has 1 heterocycles. The highest BCUT2D eigenvalue weighted by atomic mass is 16.5. The molecule has 0 aliphatic heterocycles. The molecule has 0 amide bonds. The summed E-state index contributed by atoms with van der Waals surface area (Å²) in [6.45, 7) is 11.9. The van der Waals surface area contributed by atoms with Gasteiger partial charge in [0.1, 0.15) is 0 Å². The van der Waals surface area contributed by atoms with E-state index in [1.165, 1.54) is 231 Å². The minimum absolute atomic E-state index is 0.646. The van der Waals surface area contributed by atoms with Crippen molar-refractivity contribution in [1.29, 1.82) is 0 Å². The number of rotatable bonds is 48. The first-order valence-electron chi connectivity index (χ1n) is 27.7. The molecule has 1 aromatic heterocycles. The predicted octanol–water partition coefficient (Wildman–Crippen LogP) is 18.3. The van der Waals surface area contributed by atoms with Gasteiger partial charge >= 0.3 is 0 Å². The van der Waals surface area contributed by atoms with Gasteiger partial charge in [-0.25, -0.2) is 4.68 Å². The van der Waals surface area contributed by atoms with Crippen molar-refractivity contribution in [2.75, 3.05) is 19.8 Å². The summed E-state index contributed by atoms with van der Waals surface area (Å²) in [6.07, 6.45) is 54.7. The third-order valence-corrected chi connectivity index (χ3v) is 12.8. The van der Waals surface area contributed by atoms with Gasteiger partial charge in [0.2, 0.25) is 5.75 Å². The average molecular weight is 866 g/mol. The summed E-state index contributed by atoms with van der Waals surface area (Å²) in [5, 5.41) is 9.16. The summed E-state index contributed by atoms with van der Waals surface area (Å²) in [7, 11) is 0. The van der Waals surface area contributed by atoms with Gasteiger partial charge in [-0.05, 0) is 49.8 Å². The van der Waals surface area contributed by atoms with Crippen LogP contribution in [0.3, 0.4) is 0 Å². The maximum absolute atomic E-state index is 6.66. The van der Waals surface area contributed by atoms with E-state index in [-0.39, 0.29) is 0 Å². The van der Waals surface area contributed by atoms with Crippen LogP contribution < -0.4 is 14.2 Å². The summed E-state index contributed by atoms with van der Waals surface area (Å²) < 4.78 is 22.0. The van der Waals surface area contributed by atoms with Crippen LogP contribution >= 0.6 is 0 Å². The standard InChI is InChI=1S/C56H103N3O3/c1-5-9-13-17-21-25-29-33-37-41-45-60-54-48-52(50-59-51-53(57-58-59)44-40-36-32-28-24-20-16-12-8-4)49-55(61-46-42-38-34-30-26-22-18-14-10-6-2)56(54)62-47-43-39-35-31-27-23-19-15-11-7-3/h48-49,51H,5-47,50H2,1-4H3. The Morgan fingerprint density at radius 2 is 0.677 bits per heavy atom. The van der Waals surface area contributed by atoms with Crippen molar-refractivity contribution in [3.8, 4) is 17.2 Å². The Morgan fingerprint density at radius 1 is 0.371 bits per heavy atom. The van der Waals surface area contributed by atoms with Crippen LogP contribution in [0.25, 0.3) is 0 Å². The largest absolute Gasteiger partial charge is 0.490 e. The fourth-order valence-corrected chi connectivity index (χ4v) is 8.72. The van der Waals surface area contributed by atoms with Crippen LogP contribution in [0.1, 0.15) is 289 Å². The molecule has 360 valence electrons. The summed E-state index contributed by atoms with van der Waals surface area (Å²) >= 11 is 0. The fraction of sp³-hybridized carbons (Fsp3) is 0.857. The summed E-state index contributed by atoms with van der Waals surface area (Å²) in [5.74, 6) is 2.46. The number of nitrogens with zero attached hydrogens (tertiary/aromatic N) is 3. The molecule has 0 bridgehead atoms. The van der Waals surface area contributed by atoms with Gasteiger partial charge in [-0.1, -0.05) is 258 Å². The minimum atomic E-state index is 0.646. The lowest BCUT2D eigenvalue weighted by atomic mass is 10.1. The van der Waals surface area contributed by atoms with E-state index >= 15 is 0 Å². The van der Waals surface area contributed by atoms with Crippen LogP contribution in [0.15, 0.2) is 18.3 Å². The molecule has 0 N–H and O–H groups in total. The van der Waals surface area contributed by atoms with Crippen molar-refractivity contribution < 1.29 is 14.2 Å². The Bertz CT molecular complexity index is 1180. The average Bonchev–Trinajstić information content (AvgIpc) is 3.73. The van der Waals surface area contributed by atoms with Crippen LogP contribution in [-0.2, 0) is 13.0 Å². The van der Waals surface area contributed by atoms with E-state index < -0.39 is 0 Å². The summed E-state index contributed by atoms with van der Waals surface area (Å²) in [5.41, 5.74) is 2.23. The second-order valence-corrected chi connectivity index (χ2v) is 19.0. The van der Waals surface area contributed by atoms with E-state index in [0.717, 1.165) is 54.2 Å². The van der Waals surface area contributed by atoms with Gasteiger partial charge < -0.3 is 14.2 Å². The Hall–Kier alpha value is -2.24. The highest BCUT2D eigenvalue weighted by Gasteiger charge is 2.17. The van der Waals surface area contributed by atoms with E-state index in [1.54, 1.807) is 0 Å². The third-order valence-electron chi connectivity index (χ3n) is 12.8. The molecule has 0 aliphatic carbocycles. The Kier molecular flexibility index (Phi) is 38.5. The highest BCUT2D eigenvalue weighted by Crippen LogP contribution is 2.40. The maximum atomic E-state index is 6.66. The van der Waals surface area contributed by atoms with Crippen molar-refractivity contribution in [3.63, 3.8) is 0 Å². The second-order valence-electron chi connectivity index (χ2n) is 19.0. The molecule has 0 unspecified atom stereocenters. The molecule has 2 aromatic rings.